The summed E-state index contributed by atoms with van der Waals surface area (Å²) < 4.78 is 5.18. The van der Waals surface area contributed by atoms with E-state index in [0.29, 0.717) is 6.42 Å². The predicted octanol–water partition coefficient (Wildman–Crippen LogP) is 2.12. The van der Waals surface area contributed by atoms with Crippen LogP contribution in [0.5, 0.6) is 0 Å². The summed E-state index contributed by atoms with van der Waals surface area (Å²) in [7, 11) is 0. The zero-order valence-electron chi connectivity index (χ0n) is 12.0. The highest BCUT2D eigenvalue weighted by molar-refractivity contribution is 6.18. The second-order valence-electron chi connectivity index (χ2n) is 5.53. The van der Waals surface area contributed by atoms with Gasteiger partial charge in [-0.25, -0.2) is 4.79 Å². The molecule has 0 unspecified atom stereocenters. The lowest BCUT2D eigenvalue weighted by Crippen LogP contribution is -2.47. The molecule has 5 nitrogen and oxygen atoms in total. The van der Waals surface area contributed by atoms with Gasteiger partial charge in [0.2, 0.25) is 0 Å². The van der Waals surface area contributed by atoms with Crippen LogP contribution in [0.3, 0.4) is 0 Å². The van der Waals surface area contributed by atoms with E-state index in [9.17, 15) is 9.90 Å². The van der Waals surface area contributed by atoms with Crippen LogP contribution in [0.15, 0.2) is 24.5 Å². The number of hydrogen-bond donors (Lipinski definition) is 2. The van der Waals surface area contributed by atoms with E-state index in [-0.39, 0.29) is 5.88 Å². The molecule has 0 aliphatic heterocycles. The quantitative estimate of drug-likeness (QED) is 0.817. The van der Waals surface area contributed by atoms with Crippen molar-refractivity contribution in [2.45, 2.75) is 44.9 Å². The third-order valence-electron chi connectivity index (χ3n) is 2.53. The first-order valence-electron chi connectivity index (χ1n) is 6.44. The van der Waals surface area contributed by atoms with Crippen molar-refractivity contribution >= 4 is 17.7 Å². The van der Waals surface area contributed by atoms with Gasteiger partial charge in [-0.3, -0.25) is 4.98 Å². The summed E-state index contributed by atoms with van der Waals surface area (Å²) in [6.45, 7) is 5.34. The van der Waals surface area contributed by atoms with Gasteiger partial charge < -0.3 is 15.2 Å². The van der Waals surface area contributed by atoms with Crippen LogP contribution < -0.4 is 5.32 Å². The van der Waals surface area contributed by atoms with Gasteiger partial charge in [0.15, 0.2) is 0 Å². The van der Waals surface area contributed by atoms with Crippen LogP contribution in [0.25, 0.3) is 0 Å². The first-order chi connectivity index (χ1) is 9.31. The first kappa shape index (κ1) is 16.7. The van der Waals surface area contributed by atoms with Crippen molar-refractivity contribution in [3.8, 4) is 0 Å². The number of alkyl carbamates (subject to hydrolysis) is 1. The maximum Gasteiger partial charge on any atom is 0.407 e. The summed E-state index contributed by atoms with van der Waals surface area (Å²) in [6.07, 6.45) is 2.35. The van der Waals surface area contributed by atoms with Crippen LogP contribution in [-0.4, -0.2) is 39.8 Å². The summed E-state index contributed by atoms with van der Waals surface area (Å²) in [5.41, 5.74) is 0.363. The highest BCUT2D eigenvalue weighted by Gasteiger charge is 2.24. The number of aliphatic hydroxyl groups is 1. The van der Waals surface area contributed by atoms with Crippen molar-refractivity contribution in [3.05, 3.63) is 30.1 Å². The molecule has 112 valence electrons. The summed E-state index contributed by atoms with van der Waals surface area (Å²) in [5, 5.41) is 12.6. The lowest BCUT2D eigenvalue weighted by atomic mass is 10.0. The number of nitrogens with one attached hydrogen (secondary N) is 1. The number of halogens is 1. The minimum Gasteiger partial charge on any atom is -0.444 e. The van der Waals surface area contributed by atoms with E-state index >= 15 is 0 Å². The average molecular weight is 301 g/mol. The number of carbonyl (C=O) groups is 1. The molecule has 0 saturated carbocycles. The molecule has 1 aromatic heterocycles. The molecule has 2 atom stereocenters. The van der Waals surface area contributed by atoms with Crippen molar-refractivity contribution in [2.75, 3.05) is 5.88 Å². The van der Waals surface area contributed by atoms with Gasteiger partial charge in [-0.05, 0) is 44.9 Å². The van der Waals surface area contributed by atoms with Gasteiger partial charge in [0.05, 0.1) is 18.0 Å². The summed E-state index contributed by atoms with van der Waals surface area (Å²) in [5.74, 6) is 0.0333. The molecule has 0 saturated heterocycles. The Kier molecular flexibility index (Phi) is 6.23. The number of hydrogen-bond acceptors (Lipinski definition) is 4. The Morgan fingerprint density at radius 2 is 2.05 bits per heavy atom. The molecule has 1 rings (SSSR count). The molecule has 2 N–H and O–H groups in total. The monoisotopic (exact) mass is 300 g/mol. The number of rotatable bonds is 5. The largest absolute Gasteiger partial charge is 0.444 e. The second-order valence-corrected chi connectivity index (χ2v) is 5.84. The third kappa shape index (κ3) is 6.21. The minimum atomic E-state index is -0.850. The number of nitrogens with zero attached hydrogens (tertiary/aromatic N) is 1. The maximum absolute atomic E-state index is 11.8. The Hall–Kier alpha value is -1.33. The number of aliphatic hydroxyl groups excluding tert-OH is 1. The molecule has 0 bridgehead atoms. The highest BCUT2D eigenvalue weighted by Crippen LogP contribution is 2.10. The molecule has 0 aliphatic carbocycles. The van der Waals surface area contributed by atoms with Gasteiger partial charge in [0, 0.05) is 12.4 Å². The third-order valence-corrected chi connectivity index (χ3v) is 2.85. The molecular weight excluding hydrogens is 280 g/mol. The molecule has 1 aromatic rings. The van der Waals surface area contributed by atoms with E-state index < -0.39 is 23.8 Å². The molecule has 0 radical (unpaired) electrons. The fourth-order valence-corrected chi connectivity index (χ4v) is 1.84. The van der Waals surface area contributed by atoms with Crippen molar-refractivity contribution in [1.82, 2.24) is 10.3 Å². The smallest absolute Gasteiger partial charge is 0.407 e. The number of ether oxygens (including phenoxy) is 1. The van der Waals surface area contributed by atoms with E-state index in [1.54, 1.807) is 33.2 Å². The predicted molar refractivity (Wildman–Crippen MR) is 77.8 cm³/mol. The van der Waals surface area contributed by atoms with Crippen LogP contribution in [-0.2, 0) is 11.2 Å². The van der Waals surface area contributed by atoms with E-state index in [1.807, 2.05) is 12.1 Å². The van der Waals surface area contributed by atoms with Crippen molar-refractivity contribution in [3.63, 3.8) is 0 Å². The van der Waals surface area contributed by atoms with Gasteiger partial charge in [0.1, 0.15) is 5.60 Å². The van der Waals surface area contributed by atoms with Gasteiger partial charge in [-0.15, -0.1) is 11.6 Å². The number of pyridine rings is 1. The van der Waals surface area contributed by atoms with Crippen LogP contribution in [0.4, 0.5) is 4.79 Å². The number of alkyl halides is 1. The van der Waals surface area contributed by atoms with Crippen LogP contribution >= 0.6 is 11.6 Å². The zero-order valence-corrected chi connectivity index (χ0v) is 12.7. The Balaban J connectivity index is 2.68. The Bertz CT molecular complexity index is 420. The number of amides is 1. The lowest BCUT2D eigenvalue weighted by Gasteiger charge is -2.26. The zero-order chi connectivity index (χ0) is 15.2. The summed E-state index contributed by atoms with van der Waals surface area (Å²) >= 11 is 5.68. The van der Waals surface area contributed by atoms with E-state index in [4.69, 9.17) is 16.3 Å². The normalized spacial score (nSPS) is 14.4. The number of carbonyl (C=O) groups excluding carboxylic acids is 1. The van der Waals surface area contributed by atoms with Crippen LogP contribution in [0.2, 0.25) is 0 Å². The molecule has 1 amide bonds. The van der Waals surface area contributed by atoms with Gasteiger partial charge in [0.25, 0.3) is 0 Å². The SMILES string of the molecule is CC(C)(C)OC(=O)N[C@@H](Cc1ccncc1)[C@@H](O)CCl. The standard InChI is InChI=1S/C14H21ClN2O3/c1-14(2,3)20-13(19)17-11(12(18)9-15)8-10-4-6-16-7-5-10/h4-7,11-12,18H,8-9H2,1-3H3,(H,17,19)/t11-,12-/m0/s1. The van der Waals surface area contributed by atoms with Gasteiger partial charge >= 0.3 is 6.09 Å². The van der Waals surface area contributed by atoms with Crippen LogP contribution in [0.1, 0.15) is 26.3 Å². The maximum atomic E-state index is 11.8. The van der Waals surface area contributed by atoms with Crippen molar-refractivity contribution < 1.29 is 14.6 Å². The lowest BCUT2D eigenvalue weighted by molar-refractivity contribution is 0.0440. The first-order valence-corrected chi connectivity index (χ1v) is 6.97. The minimum absolute atomic E-state index is 0.0333. The van der Waals surface area contributed by atoms with Crippen LogP contribution in [0, 0.1) is 0 Å². The second kappa shape index (κ2) is 7.45. The molecule has 0 aromatic carbocycles. The highest BCUT2D eigenvalue weighted by atomic mass is 35.5. The Morgan fingerprint density at radius 1 is 1.45 bits per heavy atom. The topological polar surface area (TPSA) is 71.5 Å². The molecule has 6 heteroatoms. The molecule has 0 aliphatic rings. The van der Waals surface area contributed by atoms with E-state index in [2.05, 4.69) is 10.3 Å². The van der Waals surface area contributed by atoms with E-state index in [1.165, 1.54) is 0 Å². The summed E-state index contributed by atoms with van der Waals surface area (Å²) in [6, 6.07) is 3.14. The number of aromatic nitrogens is 1. The van der Waals surface area contributed by atoms with Crippen molar-refractivity contribution in [2.24, 2.45) is 0 Å². The van der Waals surface area contributed by atoms with Gasteiger partial charge in [-0.1, -0.05) is 0 Å². The fourth-order valence-electron chi connectivity index (χ4n) is 1.62. The summed E-state index contributed by atoms with van der Waals surface area (Å²) in [4.78, 5) is 15.7. The fraction of sp³-hybridized carbons (Fsp3) is 0.571. The Morgan fingerprint density at radius 3 is 2.55 bits per heavy atom. The van der Waals surface area contributed by atoms with E-state index in [0.717, 1.165) is 5.56 Å². The van der Waals surface area contributed by atoms with Gasteiger partial charge in [-0.2, -0.15) is 0 Å². The molecule has 0 fully saturated rings. The average Bonchev–Trinajstić information content (AvgIpc) is 2.36. The molecular formula is C14H21ClN2O3. The molecule has 0 spiro atoms. The molecule has 20 heavy (non-hydrogen) atoms. The Labute approximate surface area is 124 Å². The van der Waals surface area contributed by atoms with Crippen molar-refractivity contribution in [1.29, 1.82) is 0 Å². The molecule has 1 heterocycles.